The molecule has 0 saturated carbocycles. The van der Waals surface area contributed by atoms with Crippen LogP contribution in [0.2, 0.25) is 0 Å². The van der Waals surface area contributed by atoms with Crippen LogP contribution < -0.4 is 19.7 Å². The molecule has 110 valence electrons. The first-order valence-corrected chi connectivity index (χ1v) is 7.08. The predicted octanol–water partition coefficient (Wildman–Crippen LogP) is 0.711. The number of quaternary nitrogens is 1. The van der Waals surface area contributed by atoms with Crippen LogP contribution in [0.4, 0.5) is 5.69 Å². The number of hydrogen-bond donors (Lipinski definition) is 2. The normalized spacial score (nSPS) is 15.1. The smallest absolute Gasteiger partial charge is 0.230 e. The Morgan fingerprint density at radius 2 is 1.75 bits per heavy atom. The van der Waals surface area contributed by atoms with Gasteiger partial charge in [-0.3, -0.25) is 4.79 Å². The molecule has 2 N–H and O–H groups in total. The molecule has 0 aromatic heterocycles. The first kappa shape index (κ1) is 14.7. The average molecular weight is 279 g/mol. The topological polar surface area (TPSA) is 52.0 Å². The van der Waals surface area contributed by atoms with E-state index in [1.807, 2.05) is 0 Å². The first-order chi connectivity index (χ1) is 9.71. The van der Waals surface area contributed by atoms with Gasteiger partial charge < -0.3 is 19.7 Å². The van der Waals surface area contributed by atoms with Crippen LogP contribution >= 0.6 is 0 Å². The fourth-order valence-electron chi connectivity index (χ4n) is 2.52. The van der Waals surface area contributed by atoms with Gasteiger partial charge in [-0.05, 0) is 0 Å². The molecule has 0 aliphatic carbocycles. The highest BCUT2D eigenvalue weighted by atomic mass is 16.5. The predicted molar refractivity (Wildman–Crippen MR) is 77.6 cm³/mol. The molecule has 5 heteroatoms. The molecule has 1 fully saturated rings. The molecular weight excluding hydrogens is 256 g/mol. The van der Waals surface area contributed by atoms with Gasteiger partial charge in [-0.25, -0.2) is 0 Å². The van der Waals surface area contributed by atoms with E-state index in [4.69, 9.17) is 9.47 Å². The Labute approximate surface area is 119 Å². The third-order valence-electron chi connectivity index (χ3n) is 3.65. The molecule has 1 aliphatic heterocycles. The number of methoxy groups -OCH3 is 2. The van der Waals surface area contributed by atoms with Gasteiger partial charge in [0.2, 0.25) is 5.91 Å². The lowest BCUT2D eigenvalue weighted by Crippen LogP contribution is -3.10. The molecule has 1 aromatic rings. The Hall–Kier alpha value is -1.75. The van der Waals surface area contributed by atoms with Crippen LogP contribution in [-0.4, -0.2) is 39.8 Å². The Morgan fingerprint density at radius 3 is 2.30 bits per heavy atom. The van der Waals surface area contributed by atoms with Crippen molar-refractivity contribution in [2.75, 3.05) is 39.2 Å². The Balaban J connectivity index is 1.89. The van der Waals surface area contributed by atoms with Crippen molar-refractivity contribution in [2.24, 2.45) is 0 Å². The second-order valence-corrected chi connectivity index (χ2v) is 5.11. The number of carbonyl (C=O) groups excluding carboxylic acids is 1. The zero-order valence-corrected chi connectivity index (χ0v) is 12.2. The molecular formula is C15H23N2O3+. The summed E-state index contributed by atoms with van der Waals surface area (Å²) in [6.45, 7) is 3.30. The van der Waals surface area contributed by atoms with Gasteiger partial charge in [0.25, 0.3) is 0 Å². The van der Waals surface area contributed by atoms with Crippen molar-refractivity contribution in [1.82, 2.24) is 0 Å². The van der Waals surface area contributed by atoms with Crippen LogP contribution in [0.25, 0.3) is 0 Å². The van der Waals surface area contributed by atoms with Crippen LogP contribution in [-0.2, 0) is 4.79 Å². The number of benzene rings is 1. The molecule has 20 heavy (non-hydrogen) atoms. The fraction of sp³-hybridized carbons (Fsp3) is 0.533. The van der Waals surface area contributed by atoms with E-state index in [9.17, 15) is 4.79 Å². The van der Waals surface area contributed by atoms with Crippen LogP contribution in [0.5, 0.6) is 11.5 Å². The minimum Gasteiger partial charge on any atom is -0.497 e. The third kappa shape index (κ3) is 4.13. The number of likely N-dealkylation sites (tertiary alicyclic amines) is 1. The second-order valence-electron chi connectivity index (χ2n) is 5.11. The maximum atomic E-state index is 12.0. The molecule has 1 aromatic carbocycles. The number of amides is 1. The summed E-state index contributed by atoms with van der Waals surface area (Å²) in [4.78, 5) is 13.5. The van der Waals surface area contributed by atoms with Crippen LogP contribution in [0.3, 0.4) is 0 Å². The highest BCUT2D eigenvalue weighted by molar-refractivity contribution is 5.91. The summed E-state index contributed by atoms with van der Waals surface area (Å²) in [6.07, 6.45) is 3.11. The van der Waals surface area contributed by atoms with Gasteiger partial charge in [0.15, 0.2) is 0 Å². The highest BCUT2D eigenvalue weighted by Gasteiger charge is 2.16. The van der Waals surface area contributed by atoms with Crippen molar-refractivity contribution in [3.8, 4) is 11.5 Å². The van der Waals surface area contributed by atoms with Crippen molar-refractivity contribution < 1.29 is 19.2 Å². The lowest BCUT2D eigenvalue weighted by molar-refractivity contribution is -0.886. The van der Waals surface area contributed by atoms with Crippen LogP contribution in [0, 0.1) is 0 Å². The summed E-state index contributed by atoms with van der Waals surface area (Å²) in [6, 6.07) is 5.37. The molecule has 0 bridgehead atoms. The van der Waals surface area contributed by atoms with Gasteiger partial charge >= 0.3 is 0 Å². The molecule has 1 aliphatic rings. The van der Waals surface area contributed by atoms with Crippen molar-refractivity contribution in [2.45, 2.75) is 19.3 Å². The Kier molecular flexibility index (Phi) is 5.24. The number of ether oxygens (including phenoxy) is 2. The number of carbonyl (C=O) groups is 1. The summed E-state index contributed by atoms with van der Waals surface area (Å²) < 4.78 is 10.4. The van der Waals surface area contributed by atoms with Gasteiger partial charge in [-0.15, -0.1) is 0 Å². The maximum absolute atomic E-state index is 12.0. The molecule has 5 nitrogen and oxygen atoms in total. The van der Waals surface area contributed by atoms with E-state index in [-0.39, 0.29) is 5.91 Å². The third-order valence-corrected chi connectivity index (χ3v) is 3.65. The number of rotatable bonds is 6. The molecule has 0 atom stereocenters. The maximum Gasteiger partial charge on any atom is 0.230 e. The van der Waals surface area contributed by atoms with Crippen molar-refractivity contribution in [3.63, 3.8) is 0 Å². The molecule has 1 saturated heterocycles. The summed E-state index contributed by atoms with van der Waals surface area (Å²) in [5.74, 6) is 1.38. The molecule has 2 rings (SSSR count). The van der Waals surface area contributed by atoms with Crippen LogP contribution in [0.1, 0.15) is 19.3 Å². The van der Waals surface area contributed by atoms with E-state index in [1.54, 1.807) is 32.4 Å². The van der Waals surface area contributed by atoms with E-state index >= 15 is 0 Å². The first-order valence-electron chi connectivity index (χ1n) is 7.08. The van der Waals surface area contributed by atoms with Gasteiger partial charge in [-0.2, -0.15) is 0 Å². The quantitative estimate of drug-likeness (QED) is 0.806. The standard InChI is InChI=1S/C15H22N2O3/c1-19-13-9-12(10-14(11-13)20-2)16-15(18)5-8-17-6-3-4-7-17/h9-11H,3-8H2,1-2H3,(H,16,18)/p+1. The molecule has 0 unspecified atom stereocenters. The SMILES string of the molecule is COc1cc(NC(=O)CC[NH+]2CCCC2)cc(OC)c1. The number of hydrogen-bond acceptors (Lipinski definition) is 3. The van der Waals surface area contributed by atoms with E-state index in [1.165, 1.54) is 30.8 Å². The lowest BCUT2D eigenvalue weighted by atomic mass is 10.2. The minimum absolute atomic E-state index is 0.0414. The molecule has 1 heterocycles. The lowest BCUT2D eigenvalue weighted by Gasteiger charge is -2.12. The molecule has 0 spiro atoms. The van der Waals surface area contributed by atoms with Gasteiger partial charge in [0.05, 0.1) is 40.3 Å². The Bertz CT molecular complexity index is 434. The van der Waals surface area contributed by atoms with E-state index < -0.39 is 0 Å². The van der Waals surface area contributed by atoms with Crippen LogP contribution in [0.15, 0.2) is 18.2 Å². The average Bonchev–Trinajstić information content (AvgIpc) is 2.98. The Morgan fingerprint density at radius 1 is 1.15 bits per heavy atom. The fourth-order valence-corrected chi connectivity index (χ4v) is 2.52. The van der Waals surface area contributed by atoms with E-state index in [0.717, 1.165) is 6.54 Å². The molecule has 1 amide bonds. The highest BCUT2D eigenvalue weighted by Crippen LogP contribution is 2.25. The van der Waals surface area contributed by atoms with Crippen molar-refractivity contribution in [3.05, 3.63) is 18.2 Å². The van der Waals surface area contributed by atoms with Gasteiger partial charge in [0, 0.05) is 36.7 Å². The zero-order chi connectivity index (χ0) is 14.4. The van der Waals surface area contributed by atoms with Gasteiger partial charge in [-0.1, -0.05) is 0 Å². The zero-order valence-electron chi connectivity index (χ0n) is 12.2. The van der Waals surface area contributed by atoms with Crippen molar-refractivity contribution in [1.29, 1.82) is 0 Å². The van der Waals surface area contributed by atoms with Gasteiger partial charge in [0.1, 0.15) is 11.5 Å². The van der Waals surface area contributed by atoms with Crippen molar-refractivity contribution >= 4 is 11.6 Å². The minimum atomic E-state index is 0.0414. The molecule has 0 radical (unpaired) electrons. The summed E-state index contributed by atoms with van der Waals surface area (Å²) in [5.41, 5.74) is 0.711. The number of nitrogens with one attached hydrogen (secondary N) is 2. The second kappa shape index (κ2) is 7.14. The van der Waals surface area contributed by atoms with E-state index in [0.29, 0.717) is 23.6 Å². The number of anilines is 1. The summed E-state index contributed by atoms with van der Waals surface area (Å²) >= 11 is 0. The summed E-state index contributed by atoms with van der Waals surface area (Å²) in [7, 11) is 3.19. The largest absolute Gasteiger partial charge is 0.497 e. The van der Waals surface area contributed by atoms with E-state index in [2.05, 4.69) is 5.32 Å². The summed E-state index contributed by atoms with van der Waals surface area (Å²) in [5, 5.41) is 2.90. The monoisotopic (exact) mass is 279 g/mol.